The number of benzene rings is 2. The summed E-state index contributed by atoms with van der Waals surface area (Å²) in [4.78, 5) is 10.3. The molecule has 0 saturated heterocycles. The Morgan fingerprint density at radius 1 is 1.17 bits per heavy atom. The maximum absolute atomic E-state index is 10.7. The van der Waals surface area contributed by atoms with Crippen LogP contribution in [-0.4, -0.2) is 4.92 Å². The van der Waals surface area contributed by atoms with Gasteiger partial charge >= 0.3 is 0 Å². The van der Waals surface area contributed by atoms with E-state index in [1.54, 1.807) is 12.1 Å². The van der Waals surface area contributed by atoms with E-state index in [0.29, 0.717) is 3.57 Å². The van der Waals surface area contributed by atoms with Crippen molar-refractivity contribution in [2.75, 3.05) is 5.32 Å². The maximum atomic E-state index is 10.7. The van der Waals surface area contributed by atoms with Crippen molar-refractivity contribution < 1.29 is 4.92 Å². The summed E-state index contributed by atoms with van der Waals surface area (Å²) in [5, 5.41) is 13.9. The molecule has 0 bridgehead atoms. The summed E-state index contributed by atoms with van der Waals surface area (Å²) in [7, 11) is 0. The first kappa shape index (κ1) is 13.3. The summed E-state index contributed by atoms with van der Waals surface area (Å²) in [6, 6.07) is 12.7. The first-order chi connectivity index (χ1) is 8.56. The number of rotatable bonds is 3. The van der Waals surface area contributed by atoms with Crippen LogP contribution in [0.3, 0.4) is 0 Å². The molecule has 0 aliphatic carbocycles. The van der Waals surface area contributed by atoms with Crippen LogP contribution in [0, 0.1) is 13.7 Å². The summed E-state index contributed by atoms with van der Waals surface area (Å²) in [6.45, 7) is 0. The summed E-state index contributed by atoms with van der Waals surface area (Å²) in [5.74, 6) is 0. The molecule has 0 aliphatic rings. The Labute approximate surface area is 126 Å². The van der Waals surface area contributed by atoms with Gasteiger partial charge in [0.1, 0.15) is 0 Å². The Bertz CT molecular complexity index is 604. The van der Waals surface area contributed by atoms with Gasteiger partial charge in [0.25, 0.3) is 5.69 Å². The van der Waals surface area contributed by atoms with Crippen molar-refractivity contribution in [1.29, 1.82) is 0 Å². The number of nitrogens with zero attached hydrogens (tertiary/aromatic N) is 1. The molecule has 0 amide bonds. The average Bonchev–Trinajstić information content (AvgIpc) is 2.28. The third-order valence-electron chi connectivity index (χ3n) is 2.26. The van der Waals surface area contributed by atoms with E-state index >= 15 is 0 Å². The Morgan fingerprint density at radius 3 is 2.50 bits per heavy atom. The highest BCUT2D eigenvalue weighted by molar-refractivity contribution is 14.1. The van der Waals surface area contributed by atoms with E-state index in [1.807, 2.05) is 46.9 Å². The Balaban J connectivity index is 2.25. The van der Waals surface area contributed by atoms with E-state index in [9.17, 15) is 10.1 Å². The fourth-order valence-corrected chi connectivity index (χ4v) is 2.58. The van der Waals surface area contributed by atoms with E-state index in [0.717, 1.165) is 15.8 Å². The number of hydrogen-bond acceptors (Lipinski definition) is 3. The van der Waals surface area contributed by atoms with Crippen LogP contribution < -0.4 is 5.32 Å². The molecule has 0 heterocycles. The Hall–Kier alpha value is -1.15. The van der Waals surface area contributed by atoms with Crippen LogP contribution in [0.4, 0.5) is 17.1 Å². The van der Waals surface area contributed by atoms with Crippen molar-refractivity contribution in [3.63, 3.8) is 0 Å². The molecule has 0 radical (unpaired) electrons. The third-order valence-corrected chi connectivity index (χ3v) is 3.61. The lowest BCUT2D eigenvalue weighted by Crippen LogP contribution is -1.94. The van der Waals surface area contributed by atoms with Gasteiger partial charge in [-0.15, -0.1) is 0 Å². The van der Waals surface area contributed by atoms with E-state index < -0.39 is 0 Å². The summed E-state index contributed by atoms with van der Waals surface area (Å²) < 4.78 is 1.58. The monoisotopic (exact) mass is 418 g/mol. The summed E-state index contributed by atoms with van der Waals surface area (Å²) in [5.41, 5.74) is 1.87. The molecule has 0 atom stereocenters. The van der Waals surface area contributed by atoms with Crippen molar-refractivity contribution in [1.82, 2.24) is 0 Å². The van der Waals surface area contributed by atoms with Gasteiger partial charge in [0.05, 0.1) is 8.49 Å². The minimum Gasteiger partial charge on any atom is -0.355 e. The van der Waals surface area contributed by atoms with E-state index in [4.69, 9.17) is 0 Å². The predicted molar refractivity (Wildman–Crippen MR) is 83.2 cm³/mol. The lowest BCUT2D eigenvalue weighted by atomic mass is 10.2. The van der Waals surface area contributed by atoms with Crippen LogP contribution in [0.5, 0.6) is 0 Å². The second kappa shape index (κ2) is 5.66. The van der Waals surface area contributed by atoms with Crippen molar-refractivity contribution in [2.24, 2.45) is 0 Å². The lowest BCUT2D eigenvalue weighted by Gasteiger charge is -2.07. The molecule has 0 spiro atoms. The normalized spacial score (nSPS) is 10.1. The number of hydrogen-bond donors (Lipinski definition) is 1. The molecule has 0 aromatic heterocycles. The first-order valence-corrected chi connectivity index (χ1v) is 6.90. The van der Waals surface area contributed by atoms with Gasteiger partial charge in [-0.25, -0.2) is 0 Å². The third kappa shape index (κ3) is 3.20. The zero-order valence-corrected chi connectivity index (χ0v) is 12.8. The maximum Gasteiger partial charge on any atom is 0.282 e. The van der Waals surface area contributed by atoms with E-state index in [-0.39, 0.29) is 10.6 Å². The molecule has 2 rings (SSSR count). The number of nitro benzene ring substituents is 1. The lowest BCUT2D eigenvalue weighted by molar-refractivity contribution is -0.385. The molecular formula is C12H8BrIN2O2. The van der Waals surface area contributed by atoms with Gasteiger partial charge in [-0.3, -0.25) is 10.1 Å². The number of halogens is 2. The topological polar surface area (TPSA) is 55.2 Å². The molecule has 1 N–H and O–H groups in total. The minimum atomic E-state index is -0.384. The molecule has 0 unspecified atom stereocenters. The molecule has 4 nitrogen and oxygen atoms in total. The van der Waals surface area contributed by atoms with Gasteiger partial charge < -0.3 is 5.32 Å². The van der Waals surface area contributed by atoms with Crippen LogP contribution in [0.25, 0.3) is 0 Å². The molecule has 2 aromatic rings. The molecule has 0 fully saturated rings. The van der Waals surface area contributed by atoms with Gasteiger partial charge in [0.2, 0.25) is 0 Å². The highest BCUT2D eigenvalue weighted by Gasteiger charge is 2.11. The molecule has 92 valence electrons. The van der Waals surface area contributed by atoms with Crippen LogP contribution >= 0.6 is 38.5 Å². The van der Waals surface area contributed by atoms with Gasteiger partial charge in [-0.2, -0.15) is 0 Å². The SMILES string of the molecule is O=[N+]([O-])c1ccc(Nc2cccc(Br)c2)cc1I. The molecule has 6 heteroatoms. The molecule has 2 aromatic carbocycles. The quantitative estimate of drug-likeness (QED) is 0.446. The van der Waals surface area contributed by atoms with Crippen molar-refractivity contribution in [3.05, 3.63) is 60.6 Å². The van der Waals surface area contributed by atoms with Gasteiger partial charge in [0.15, 0.2) is 0 Å². The summed E-state index contributed by atoms with van der Waals surface area (Å²) >= 11 is 5.35. The smallest absolute Gasteiger partial charge is 0.282 e. The van der Waals surface area contributed by atoms with Crippen molar-refractivity contribution >= 4 is 55.6 Å². The zero-order valence-electron chi connectivity index (χ0n) is 9.06. The van der Waals surface area contributed by atoms with Gasteiger partial charge in [-0.1, -0.05) is 22.0 Å². The van der Waals surface area contributed by atoms with Crippen LogP contribution in [0.2, 0.25) is 0 Å². The standard InChI is InChI=1S/C12H8BrIN2O2/c13-8-2-1-3-9(6-8)15-10-4-5-12(16(17)18)11(14)7-10/h1-7,15H. The first-order valence-electron chi connectivity index (χ1n) is 5.03. The molecular weight excluding hydrogens is 411 g/mol. The van der Waals surface area contributed by atoms with E-state index in [2.05, 4.69) is 21.2 Å². The molecule has 18 heavy (non-hydrogen) atoms. The van der Waals surface area contributed by atoms with Crippen molar-refractivity contribution in [2.45, 2.75) is 0 Å². The van der Waals surface area contributed by atoms with Gasteiger partial charge in [-0.05, 0) is 52.9 Å². The fraction of sp³-hybridized carbons (Fsp3) is 0. The number of nitrogens with one attached hydrogen (secondary N) is 1. The minimum absolute atomic E-state index is 0.121. The average molecular weight is 419 g/mol. The Kier molecular flexibility index (Phi) is 4.18. The van der Waals surface area contributed by atoms with Crippen LogP contribution in [-0.2, 0) is 0 Å². The Morgan fingerprint density at radius 2 is 1.89 bits per heavy atom. The van der Waals surface area contributed by atoms with Crippen LogP contribution in [0.1, 0.15) is 0 Å². The second-order valence-electron chi connectivity index (χ2n) is 3.56. The summed E-state index contributed by atoms with van der Waals surface area (Å²) in [6.07, 6.45) is 0. The molecule has 0 aliphatic heterocycles. The van der Waals surface area contributed by atoms with Gasteiger partial charge in [0, 0.05) is 21.9 Å². The van der Waals surface area contributed by atoms with Crippen LogP contribution in [0.15, 0.2) is 46.9 Å². The number of nitro groups is 1. The second-order valence-corrected chi connectivity index (χ2v) is 5.64. The zero-order chi connectivity index (χ0) is 13.1. The predicted octanol–water partition coefficient (Wildman–Crippen LogP) is 4.71. The largest absolute Gasteiger partial charge is 0.355 e. The van der Waals surface area contributed by atoms with E-state index in [1.165, 1.54) is 6.07 Å². The molecule has 0 saturated carbocycles. The number of anilines is 2. The van der Waals surface area contributed by atoms with Crippen molar-refractivity contribution in [3.8, 4) is 0 Å². The highest BCUT2D eigenvalue weighted by atomic mass is 127. The fourth-order valence-electron chi connectivity index (χ4n) is 1.47. The highest BCUT2D eigenvalue weighted by Crippen LogP contribution is 2.26.